The van der Waals surface area contributed by atoms with E-state index in [1.54, 1.807) is 7.11 Å². The van der Waals surface area contributed by atoms with Crippen molar-refractivity contribution in [1.29, 1.82) is 0 Å². The van der Waals surface area contributed by atoms with E-state index in [9.17, 15) is 14.3 Å². The number of hydrogen-bond acceptors (Lipinski definition) is 6. The summed E-state index contributed by atoms with van der Waals surface area (Å²) in [5.41, 5.74) is 1.12. The molecule has 0 saturated heterocycles. The molecule has 1 saturated carbocycles. The third-order valence-electron chi connectivity index (χ3n) is 7.06. The second-order valence-corrected chi connectivity index (χ2v) is 11.1. The lowest BCUT2D eigenvalue weighted by molar-refractivity contribution is -0.166. The monoisotopic (exact) mass is 550 g/mol. The molecule has 1 aliphatic heterocycles. The molecule has 2 heterocycles. The van der Waals surface area contributed by atoms with Gasteiger partial charge in [0.1, 0.15) is 27.8 Å². The molecule has 10 heteroatoms. The molecule has 0 radical (unpaired) electrons. The quantitative estimate of drug-likeness (QED) is 0.298. The first-order valence-corrected chi connectivity index (χ1v) is 13.4. The Morgan fingerprint density at radius 1 is 1.25 bits per heavy atom. The first kappa shape index (κ1) is 25.2. The van der Waals surface area contributed by atoms with Crippen LogP contribution in [0.3, 0.4) is 0 Å². The highest BCUT2D eigenvalue weighted by Gasteiger charge is 2.48. The Hall–Kier alpha value is -2.42. The number of H-pyrrole nitrogens is 1. The third kappa shape index (κ3) is 4.91. The molecule has 0 spiro atoms. The molecule has 5 rings (SSSR count). The van der Waals surface area contributed by atoms with Crippen molar-refractivity contribution in [2.24, 2.45) is 5.92 Å². The van der Waals surface area contributed by atoms with Crippen LogP contribution in [0.25, 0.3) is 11.0 Å². The zero-order chi connectivity index (χ0) is 25.4. The van der Waals surface area contributed by atoms with Gasteiger partial charge < -0.3 is 19.6 Å². The number of benzene rings is 2. The Kier molecular flexibility index (Phi) is 7.12. The highest BCUT2D eigenvalue weighted by atomic mass is 35.5. The molecule has 36 heavy (non-hydrogen) atoms. The number of carbonyl (C=O) groups excluding carboxylic acids is 1. The van der Waals surface area contributed by atoms with Crippen molar-refractivity contribution >= 4 is 52.0 Å². The van der Waals surface area contributed by atoms with Crippen LogP contribution in [0, 0.1) is 11.7 Å². The van der Waals surface area contributed by atoms with Crippen molar-refractivity contribution in [2.75, 3.05) is 7.11 Å². The van der Waals surface area contributed by atoms with Crippen LogP contribution in [0.4, 0.5) is 4.39 Å². The van der Waals surface area contributed by atoms with E-state index in [0.29, 0.717) is 39.8 Å². The highest BCUT2D eigenvalue weighted by Crippen LogP contribution is 2.48. The maximum Gasteiger partial charge on any atom is 0.349 e. The van der Waals surface area contributed by atoms with Crippen molar-refractivity contribution in [3.63, 3.8) is 0 Å². The van der Waals surface area contributed by atoms with E-state index in [1.807, 2.05) is 18.2 Å². The summed E-state index contributed by atoms with van der Waals surface area (Å²) in [6, 6.07) is 8.30. The van der Waals surface area contributed by atoms with Crippen molar-refractivity contribution in [3.8, 4) is 5.75 Å². The number of rotatable bonds is 7. The highest BCUT2D eigenvalue weighted by molar-refractivity contribution is 8.03. The Labute approximate surface area is 222 Å². The van der Waals surface area contributed by atoms with Gasteiger partial charge in [0, 0.05) is 12.5 Å². The average Bonchev–Trinajstić information content (AvgIpc) is 3.51. The van der Waals surface area contributed by atoms with Crippen LogP contribution in [-0.2, 0) is 16.0 Å². The number of esters is 1. The van der Waals surface area contributed by atoms with E-state index < -0.39 is 17.4 Å². The Bertz CT molecular complexity index is 1320. The predicted molar refractivity (Wildman–Crippen MR) is 138 cm³/mol. The van der Waals surface area contributed by atoms with Crippen molar-refractivity contribution < 1.29 is 23.8 Å². The molecule has 3 aromatic rings. The minimum absolute atomic E-state index is 0.0133. The van der Waals surface area contributed by atoms with Gasteiger partial charge in [-0.15, -0.1) is 0 Å². The van der Waals surface area contributed by atoms with Gasteiger partial charge in [-0.05, 0) is 67.1 Å². The molecule has 0 amide bonds. The topological polar surface area (TPSA) is 84.4 Å². The lowest BCUT2D eigenvalue weighted by atomic mass is 9.77. The summed E-state index contributed by atoms with van der Waals surface area (Å²) in [6.45, 7) is 0. The molecule has 2 aromatic carbocycles. The number of imidazole rings is 1. The Morgan fingerprint density at radius 2 is 2.03 bits per heavy atom. The Morgan fingerprint density at radius 3 is 2.72 bits per heavy atom. The van der Waals surface area contributed by atoms with Crippen LogP contribution in [0.5, 0.6) is 5.75 Å². The number of halogens is 3. The van der Waals surface area contributed by atoms with Crippen LogP contribution >= 0.6 is 35.0 Å². The average molecular weight is 551 g/mol. The van der Waals surface area contributed by atoms with Crippen molar-refractivity contribution in [2.45, 2.75) is 55.7 Å². The van der Waals surface area contributed by atoms with E-state index in [-0.39, 0.29) is 28.0 Å². The smallest absolute Gasteiger partial charge is 0.349 e. The summed E-state index contributed by atoms with van der Waals surface area (Å²) < 4.78 is 25.2. The maximum absolute atomic E-state index is 13.8. The maximum atomic E-state index is 13.8. The van der Waals surface area contributed by atoms with Crippen LogP contribution in [0.2, 0.25) is 10.0 Å². The molecule has 0 bridgehead atoms. The number of aromatic nitrogens is 2. The summed E-state index contributed by atoms with van der Waals surface area (Å²) >= 11 is 13.1. The summed E-state index contributed by atoms with van der Waals surface area (Å²) in [5, 5.41) is 11.9. The van der Waals surface area contributed by atoms with Gasteiger partial charge in [-0.1, -0.05) is 42.1 Å². The van der Waals surface area contributed by atoms with Gasteiger partial charge in [0.2, 0.25) is 0 Å². The summed E-state index contributed by atoms with van der Waals surface area (Å²) in [4.78, 5) is 20.7. The minimum Gasteiger partial charge on any atom is -0.511 e. The molecular formula is C26H25Cl2FN2O4S. The van der Waals surface area contributed by atoms with Crippen molar-refractivity contribution in [1.82, 2.24) is 9.97 Å². The number of hydrogen-bond donors (Lipinski definition) is 2. The van der Waals surface area contributed by atoms with E-state index in [1.165, 1.54) is 12.1 Å². The largest absolute Gasteiger partial charge is 0.511 e. The van der Waals surface area contributed by atoms with Gasteiger partial charge in [-0.3, -0.25) is 0 Å². The zero-order valence-corrected chi connectivity index (χ0v) is 21.9. The van der Waals surface area contributed by atoms with Crippen molar-refractivity contribution in [3.05, 3.63) is 62.4 Å². The summed E-state index contributed by atoms with van der Waals surface area (Å²) in [5.74, 6) is -0.385. The number of aryl methyl sites for hydroxylation is 1. The van der Waals surface area contributed by atoms with Gasteiger partial charge in [0.25, 0.3) is 0 Å². The van der Waals surface area contributed by atoms with E-state index in [0.717, 1.165) is 43.0 Å². The fourth-order valence-electron chi connectivity index (χ4n) is 5.22. The number of aromatic amines is 1. The Balaban J connectivity index is 1.39. The minimum atomic E-state index is -0.793. The van der Waals surface area contributed by atoms with Gasteiger partial charge >= 0.3 is 5.97 Å². The molecule has 1 atom stereocenters. The van der Waals surface area contributed by atoms with Gasteiger partial charge in [0.05, 0.1) is 28.2 Å². The lowest BCUT2D eigenvalue weighted by Crippen LogP contribution is -2.45. The number of methoxy groups -OCH3 is 1. The fourth-order valence-corrected chi connectivity index (χ4v) is 6.47. The molecule has 6 nitrogen and oxygen atoms in total. The number of aliphatic hydroxyl groups excluding tert-OH is 1. The first-order valence-electron chi connectivity index (χ1n) is 11.8. The molecule has 1 aliphatic carbocycles. The van der Waals surface area contributed by atoms with E-state index in [4.69, 9.17) is 32.7 Å². The van der Waals surface area contributed by atoms with Gasteiger partial charge in [-0.25, -0.2) is 14.2 Å². The molecule has 1 fully saturated rings. The summed E-state index contributed by atoms with van der Waals surface area (Å²) in [6.07, 6.45) is 5.47. The zero-order valence-electron chi connectivity index (χ0n) is 19.6. The van der Waals surface area contributed by atoms with Crippen LogP contribution in [-0.4, -0.2) is 33.8 Å². The van der Waals surface area contributed by atoms with E-state index in [2.05, 4.69) is 9.97 Å². The summed E-state index contributed by atoms with van der Waals surface area (Å²) in [7, 11) is 1.57. The molecule has 2 N–H and O–H groups in total. The number of fused-ring (bicyclic) bond motifs is 1. The van der Waals surface area contributed by atoms with Gasteiger partial charge in [0.15, 0.2) is 5.16 Å². The number of aliphatic hydroxyl groups is 1. The molecule has 2 aliphatic rings. The number of nitrogens with zero attached hydrogens (tertiary/aromatic N) is 1. The lowest BCUT2D eigenvalue weighted by Gasteiger charge is -2.41. The first-order chi connectivity index (χ1) is 17.3. The molecular weight excluding hydrogens is 526 g/mol. The standard InChI is InChI=1S/C26H25Cl2FN2O4S/c1-34-22-7-6-14(10-17(22)28)8-9-26(15-4-2-3-5-15)13-21(32)23(24(33)35-26)36-25-30-19-11-16(27)18(29)12-20(19)31-25/h6-7,10-12,15,32H,2-5,8-9,13H2,1H3,(H,30,31). The fraction of sp³-hybridized carbons (Fsp3) is 0.385. The molecule has 190 valence electrons. The number of ether oxygens (including phenoxy) is 2. The van der Waals surface area contributed by atoms with E-state index >= 15 is 0 Å². The van der Waals surface area contributed by atoms with Crippen LogP contribution < -0.4 is 4.74 Å². The SMILES string of the molecule is COc1ccc(CCC2(C3CCCC3)CC(O)=C(Sc3nc4cc(Cl)c(F)cc4[nH]3)C(=O)O2)cc1Cl. The number of carbonyl (C=O) groups is 1. The van der Waals surface area contributed by atoms with Crippen LogP contribution in [0.15, 0.2) is 46.2 Å². The number of nitrogens with one attached hydrogen (secondary N) is 1. The normalized spacial score (nSPS) is 20.8. The third-order valence-corrected chi connectivity index (χ3v) is 8.64. The molecule has 1 aromatic heterocycles. The predicted octanol–water partition coefficient (Wildman–Crippen LogP) is 7.39. The van der Waals surface area contributed by atoms with Crippen LogP contribution in [0.1, 0.15) is 44.1 Å². The van der Waals surface area contributed by atoms with Gasteiger partial charge in [-0.2, -0.15) is 0 Å². The second kappa shape index (κ2) is 10.1. The second-order valence-electron chi connectivity index (χ2n) is 9.28. The number of cyclic esters (lactones) is 1. The molecule has 1 unspecified atom stereocenters. The number of thioether (sulfide) groups is 1.